The molecule has 1 unspecified atom stereocenters. The fourth-order valence-electron chi connectivity index (χ4n) is 4.22. The molecular formula is C25H23F3N4O5S. The average Bonchev–Trinajstić information content (AvgIpc) is 3.26. The molecule has 1 amide bonds. The van der Waals surface area contributed by atoms with Crippen LogP contribution in [0.15, 0.2) is 24.4 Å². The maximum Gasteiger partial charge on any atom is 0.407 e. The average molecular weight is 549 g/mol. The highest BCUT2D eigenvalue weighted by Gasteiger charge is 2.33. The van der Waals surface area contributed by atoms with Crippen molar-refractivity contribution in [2.24, 2.45) is 0 Å². The molecule has 1 N–H and O–H groups in total. The van der Waals surface area contributed by atoms with Crippen molar-refractivity contribution in [3.05, 3.63) is 35.8 Å². The van der Waals surface area contributed by atoms with Gasteiger partial charge >= 0.3 is 12.7 Å². The van der Waals surface area contributed by atoms with E-state index in [1.807, 2.05) is 0 Å². The van der Waals surface area contributed by atoms with Gasteiger partial charge in [-0.15, -0.1) is 11.3 Å². The first-order valence-electron chi connectivity index (χ1n) is 11.6. The second-order valence-corrected chi connectivity index (χ2v) is 10.8. The van der Waals surface area contributed by atoms with Gasteiger partial charge in [0.05, 0.1) is 23.8 Å². The van der Waals surface area contributed by atoms with E-state index in [-0.39, 0.29) is 30.3 Å². The number of halogens is 3. The summed E-state index contributed by atoms with van der Waals surface area (Å²) in [5, 5.41) is 10.0. The molecule has 200 valence electrons. The van der Waals surface area contributed by atoms with Gasteiger partial charge in [0, 0.05) is 17.2 Å². The van der Waals surface area contributed by atoms with Gasteiger partial charge in [0.2, 0.25) is 5.88 Å². The van der Waals surface area contributed by atoms with Crippen molar-refractivity contribution < 1.29 is 37.3 Å². The van der Waals surface area contributed by atoms with Gasteiger partial charge in [-0.05, 0) is 45.4 Å². The standard InChI is InChI=1S/C25H23F3N4O5S/c1-11-5-13(18-15(6-11)30-17(8-29-18)37-23(27)28)22-31-19-14(26)7-16-20(21(19)38-22)35-10-12(36-16)9-32(24(33)34)25(2,3)4/h5-8,12,23H,9-10H2,1-4H3,(H,33,34). The Labute approximate surface area is 218 Å². The van der Waals surface area contributed by atoms with Crippen molar-refractivity contribution in [3.8, 4) is 28.0 Å². The Morgan fingerprint density at radius 1 is 1.26 bits per heavy atom. The summed E-state index contributed by atoms with van der Waals surface area (Å²) in [6.45, 7) is 4.18. The molecule has 0 aliphatic carbocycles. The van der Waals surface area contributed by atoms with Crippen molar-refractivity contribution in [2.45, 2.75) is 45.9 Å². The summed E-state index contributed by atoms with van der Waals surface area (Å²) < 4.78 is 57.1. The molecule has 3 heterocycles. The SMILES string of the molecule is Cc1cc(-c2nc3c(F)cc4c(c3s2)OCC(CN(C(=O)O)C(C)(C)C)O4)c2ncc(OC(F)F)nc2c1. The minimum Gasteiger partial charge on any atom is -0.484 e. The largest absolute Gasteiger partial charge is 0.484 e. The zero-order valence-electron chi connectivity index (χ0n) is 20.8. The molecule has 2 aromatic heterocycles. The van der Waals surface area contributed by atoms with Gasteiger partial charge in [0.1, 0.15) is 21.8 Å². The Kier molecular flexibility index (Phi) is 6.41. The molecule has 4 aromatic rings. The third-order valence-corrected chi connectivity index (χ3v) is 6.97. The first kappa shape index (κ1) is 25.8. The number of carboxylic acid groups (broad SMARTS) is 1. The topological polar surface area (TPSA) is 107 Å². The van der Waals surface area contributed by atoms with Crippen molar-refractivity contribution in [3.63, 3.8) is 0 Å². The molecule has 1 atom stereocenters. The molecule has 0 radical (unpaired) electrons. The van der Waals surface area contributed by atoms with E-state index in [1.54, 1.807) is 39.8 Å². The van der Waals surface area contributed by atoms with Gasteiger partial charge in [-0.1, -0.05) is 0 Å². The van der Waals surface area contributed by atoms with Crippen LogP contribution in [0.5, 0.6) is 17.4 Å². The molecule has 38 heavy (non-hydrogen) atoms. The molecule has 0 fully saturated rings. The minimum atomic E-state index is -3.04. The molecule has 1 aliphatic rings. The van der Waals surface area contributed by atoms with Crippen molar-refractivity contribution >= 4 is 38.7 Å². The van der Waals surface area contributed by atoms with Gasteiger partial charge in [0.25, 0.3) is 0 Å². The van der Waals surface area contributed by atoms with Crippen LogP contribution in [-0.4, -0.2) is 62.5 Å². The molecule has 13 heteroatoms. The molecule has 0 saturated heterocycles. The lowest BCUT2D eigenvalue weighted by molar-refractivity contribution is -0.0528. The Hall–Kier alpha value is -3.87. The number of alkyl halides is 2. The summed E-state index contributed by atoms with van der Waals surface area (Å²) in [5.41, 5.74) is 1.43. The Bertz CT molecular complexity index is 1560. The van der Waals surface area contributed by atoms with Gasteiger partial charge < -0.3 is 19.3 Å². The number of aromatic nitrogens is 3. The molecule has 1 aliphatic heterocycles. The smallest absolute Gasteiger partial charge is 0.407 e. The van der Waals surface area contributed by atoms with E-state index >= 15 is 4.39 Å². The van der Waals surface area contributed by atoms with Crippen LogP contribution in [-0.2, 0) is 0 Å². The fraction of sp³-hybridized carbons (Fsp3) is 0.360. The quantitative estimate of drug-likeness (QED) is 0.330. The first-order valence-corrected chi connectivity index (χ1v) is 12.4. The zero-order chi connectivity index (χ0) is 27.4. The van der Waals surface area contributed by atoms with E-state index in [4.69, 9.17) is 9.47 Å². The molecule has 0 saturated carbocycles. The number of thiazole rings is 1. The number of benzene rings is 2. The number of rotatable bonds is 5. The van der Waals surface area contributed by atoms with Gasteiger partial charge in [-0.25, -0.2) is 24.1 Å². The highest BCUT2D eigenvalue weighted by molar-refractivity contribution is 7.22. The van der Waals surface area contributed by atoms with E-state index in [2.05, 4.69) is 19.7 Å². The second-order valence-electron chi connectivity index (χ2n) is 9.76. The van der Waals surface area contributed by atoms with Gasteiger partial charge in [-0.3, -0.25) is 4.90 Å². The number of fused-ring (bicyclic) bond motifs is 4. The summed E-state index contributed by atoms with van der Waals surface area (Å²) in [4.78, 5) is 25.8. The first-order chi connectivity index (χ1) is 17.9. The van der Waals surface area contributed by atoms with E-state index in [9.17, 15) is 18.7 Å². The lowest BCUT2D eigenvalue weighted by Crippen LogP contribution is -2.51. The van der Waals surface area contributed by atoms with E-state index in [0.717, 1.165) is 23.1 Å². The number of aryl methyl sites for hydroxylation is 1. The summed E-state index contributed by atoms with van der Waals surface area (Å²) >= 11 is 1.16. The van der Waals surface area contributed by atoms with E-state index in [1.165, 1.54) is 11.0 Å². The maximum atomic E-state index is 15.2. The number of ether oxygens (including phenoxy) is 3. The van der Waals surface area contributed by atoms with Crippen LogP contribution in [0.1, 0.15) is 26.3 Å². The number of nitrogens with zero attached hydrogens (tertiary/aromatic N) is 4. The lowest BCUT2D eigenvalue weighted by Gasteiger charge is -2.37. The monoisotopic (exact) mass is 548 g/mol. The van der Waals surface area contributed by atoms with Crippen molar-refractivity contribution in [1.82, 2.24) is 19.9 Å². The Morgan fingerprint density at radius 3 is 2.71 bits per heavy atom. The summed E-state index contributed by atoms with van der Waals surface area (Å²) in [6.07, 6.45) is -0.636. The third kappa shape index (κ3) is 4.85. The highest BCUT2D eigenvalue weighted by atomic mass is 32.1. The van der Waals surface area contributed by atoms with Gasteiger partial charge in [0.15, 0.2) is 23.4 Å². The third-order valence-electron chi connectivity index (χ3n) is 5.88. The maximum absolute atomic E-state index is 15.2. The van der Waals surface area contributed by atoms with Crippen molar-refractivity contribution in [2.75, 3.05) is 13.2 Å². The second kappa shape index (κ2) is 9.46. The van der Waals surface area contributed by atoms with Crippen LogP contribution in [0.2, 0.25) is 0 Å². The Balaban J connectivity index is 1.52. The summed E-state index contributed by atoms with van der Waals surface area (Å²) in [7, 11) is 0. The van der Waals surface area contributed by atoms with Crippen molar-refractivity contribution in [1.29, 1.82) is 0 Å². The number of carbonyl (C=O) groups is 1. The van der Waals surface area contributed by atoms with Crippen LogP contribution in [0, 0.1) is 12.7 Å². The summed E-state index contributed by atoms with van der Waals surface area (Å²) in [5.74, 6) is -0.480. The van der Waals surface area contributed by atoms with Crippen LogP contribution >= 0.6 is 11.3 Å². The summed E-state index contributed by atoms with van der Waals surface area (Å²) in [6, 6.07) is 4.65. The predicted molar refractivity (Wildman–Crippen MR) is 134 cm³/mol. The number of amides is 1. The molecule has 0 bridgehead atoms. The fourth-order valence-corrected chi connectivity index (χ4v) is 5.31. The van der Waals surface area contributed by atoms with Crippen LogP contribution in [0.3, 0.4) is 0 Å². The molecule has 2 aromatic carbocycles. The van der Waals surface area contributed by atoms with Gasteiger partial charge in [-0.2, -0.15) is 8.78 Å². The number of hydrogen-bond acceptors (Lipinski definition) is 8. The molecule has 0 spiro atoms. The van der Waals surface area contributed by atoms with Crippen LogP contribution < -0.4 is 14.2 Å². The molecule has 5 rings (SSSR count). The van der Waals surface area contributed by atoms with Crippen LogP contribution in [0.4, 0.5) is 18.0 Å². The van der Waals surface area contributed by atoms with E-state index < -0.39 is 30.2 Å². The minimum absolute atomic E-state index is 0.0388. The highest BCUT2D eigenvalue weighted by Crippen LogP contribution is 2.45. The molecular weight excluding hydrogens is 525 g/mol. The lowest BCUT2D eigenvalue weighted by atomic mass is 10.1. The van der Waals surface area contributed by atoms with E-state index in [0.29, 0.717) is 32.1 Å². The Morgan fingerprint density at radius 2 is 2.03 bits per heavy atom. The zero-order valence-corrected chi connectivity index (χ0v) is 21.6. The predicted octanol–water partition coefficient (Wildman–Crippen LogP) is 5.87. The normalized spacial score (nSPS) is 15.3. The number of hydrogen-bond donors (Lipinski definition) is 1. The van der Waals surface area contributed by atoms with Crippen LogP contribution in [0.25, 0.3) is 31.8 Å². The molecule has 9 nitrogen and oxygen atoms in total.